The molecule has 4 bridgehead atoms. The maximum atomic E-state index is 12.0. The molecule has 1 aromatic heterocycles. The number of benzene rings is 1. The molecule has 1 heterocycles. The Balaban J connectivity index is 1.49. The zero-order chi connectivity index (χ0) is 17.0. The lowest BCUT2D eigenvalue weighted by atomic mass is 9.48. The van der Waals surface area contributed by atoms with E-state index in [0.717, 1.165) is 41.1 Å². The standard InChI is InChI=1S/C22H24ClNO/c23-21(25)18-9-19(17-4-2-1-3-5-17)24-20(18)13-22-10-14-6-15(11-22)8-16(7-14)12-22/h1-5,9,14-16,24H,6-8,10-13H2. The second-order valence-electron chi connectivity index (χ2n) is 8.81. The maximum Gasteiger partial charge on any atom is 0.254 e. The van der Waals surface area contributed by atoms with Gasteiger partial charge in [0.2, 0.25) is 0 Å². The predicted octanol–water partition coefficient (Wildman–Crippen LogP) is 5.82. The first kappa shape index (κ1) is 15.7. The van der Waals surface area contributed by atoms with Gasteiger partial charge < -0.3 is 4.98 Å². The lowest BCUT2D eigenvalue weighted by Gasteiger charge is -2.57. The van der Waals surface area contributed by atoms with Gasteiger partial charge in [0.05, 0.1) is 5.56 Å². The van der Waals surface area contributed by atoms with Crippen molar-refractivity contribution >= 4 is 16.8 Å². The van der Waals surface area contributed by atoms with E-state index in [-0.39, 0.29) is 5.24 Å². The number of nitrogens with one attached hydrogen (secondary N) is 1. The normalized spacial score (nSPS) is 32.9. The smallest absolute Gasteiger partial charge is 0.254 e. The average molecular weight is 354 g/mol. The quantitative estimate of drug-likeness (QED) is 0.690. The first-order valence-corrected chi connectivity index (χ1v) is 9.95. The van der Waals surface area contributed by atoms with Gasteiger partial charge in [-0.15, -0.1) is 0 Å². The third kappa shape index (κ3) is 2.75. The fraction of sp³-hybridized carbons (Fsp3) is 0.500. The maximum absolute atomic E-state index is 12.0. The topological polar surface area (TPSA) is 32.9 Å². The fourth-order valence-electron chi connectivity index (χ4n) is 6.47. The molecule has 4 aliphatic rings. The van der Waals surface area contributed by atoms with Gasteiger partial charge in [-0.1, -0.05) is 30.3 Å². The van der Waals surface area contributed by atoms with Gasteiger partial charge in [0.1, 0.15) is 0 Å². The minimum absolute atomic E-state index is 0.335. The summed E-state index contributed by atoms with van der Waals surface area (Å²) in [7, 11) is 0. The molecule has 1 N–H and O–H groups in total. The van der Waals surface area contributed by atoms with E-state index in [0.29, 0.717) is 11.0 Å². The highest BCUT2D eigenvalue weighted by Crippen LogP contribution is 2.61. The molecular formula is C22H24ClNO. The van der Waals surface area contributed by atoms with Crippen LogP contribution in [0.3, 0.4) is 0 Å². The number of hydrogen-bond donors (Lipinski definition) is 1. The van der Waals surface area contributed by atoms with Crippen LogP contribution in [-0.4, -0.2) is 10.2 Å². The zero-order valence-electron chi connectivity index (χ0n) is 14.4. The number of carbonyl (C=O) groups is 1. The van der Waals surface area contributed by atoms with Crippen molar-refractivity contribution in [2.45, 2.75) is 44.9 Å². The van der Waals surface area contributed by atoms with Crippen molar-refractivity contribution in [1.82, 2.24) is 4.98 Å². The summed E-state index contributed by atoms with van der Waals surface area (Å²) >= 11 is 5.94. The van der Waals surface area contributed by atoms with Crippen LogP contribution in [0.15, 0.2) is 36.4 Å². The van der Waals surface area contributed by atoms with Crippen LogP contribution >= 0.6 is 11.6 Å². The van der Waals surface area contributed by atoms with Gasteiger partial charge >= 0.3 is 0 Å². The van der Waals surface area contributed by atoms with Crippen molar-refractivity contribution in [3.63, 3.8) is 0 Å². The average Bonchev–Trinajstić information content (AvgIpc) is 2.98. The van der Waals surface area contributed by atoms with Gasteiger partial charge in [-0.25, -0.2) is 0 Å². The summed E-state index contributed by atoms with van der Waals surface area (Å²) in [6, 6.07) is 12.1. The summed E-state index contributed by atoms with van der Waals surface area (Å²) < 4.78 is 0. The molecule has 130 valence electrons. The number of rotatable bonds is 4. The molecule has 0 atom stereocenters. The molecule has 6 rings (SSSR count). The van der Waals surface area contributed by atoms with Crippen molar-refractivity contribution in [3.05, 3.63) is 47.7 Å². The fourth-order valence-corrected chi connectivity index (χ4v) is 6.64. The van der Waals surface area contributed by atoms with Crippen LogP contribution < -0.4 is 0 Å². The molecule has 2 nitrogen and oxygen atoms in total. The molecule has 2 aromatic rings. The molecule has 25 heavy (non-hydrogen) atoms. The highest BCUT2D eigenvalue weighted by Gasteiger charge is 2.51. The van der Waals surface area contributed by atoms with E-state index < -0.39 is 0 Å². The van der Waals surface area contributed by atoms with Gasteiger partial charge in [0, 0.05) is 11.4 Å². The molecule has 0 unspecified atom stereocenters. The summed E-state index contributed by atoms with van der Waals surface area (Å²) in [4.78, 5) is 15.6. The Morgan fingerprint density at radius 3 is 2.20 bits per heavy atom. The van der Waals surface area contributed by atoms with E-state index in [9.17, 15) is 4.79 Å². The van der Waals surface area contributed by atoms with Crippen molar-refractivity contribution in [3.8, 4) is 11.3 Å². The number of carbonyl (C=O) groups excluding carboxylic acids is 1. The monoisotopic (exact) mass is 353 g/mol. The van der Waals surface area contributed by atoms with Gasteiger partial charge in [-0.05, 0) is 91.3 Å². The number of hydrogen-bond acceptors (Lipinski definition) is 1. The van der Waals surface area contributed by atoms with Crippen molar-refractivity contribution in [2.24, 2.45) is 23.2 Å². The van der Waals surface area contributed by atoms with E-state index in [2.05, 4.69) is 17.1 Å². The highest BCUT2D eigenvalue weighted by molar-refractivity contribution is 6.68. The lowest BCUT2D eigenvalue weighted by Crippen LogP contribution is -2.47. The van der Waals surface area contributed by atoms with Gasteiger partial charge in [0.15, 0.2) is 0 Å². The van der Waals surface area contributed by atoms with Crippen molar-refractivity contribution in [2.75, 3.05) is 0 Å². The molecule has 0 amide bonds. The molecule has 4 saturated carbocycles. The Hall–Kier alpha value is -1.54. The van der Waals surface area contributed by atoms with E-state index in [1.54, 1.807) is 0 Å². The van der Waals surface area contributed by atoms with Crippen LogP contribution in [0.25, 0.3) is 11.3 Å². The van der Waals surface area contributed by atoms with Crippen LogP contribution in [0, 0.1) is 23.2 Å². The van der Waals surface area contributed by atoms with Crippen LogP contribution in [0.4, 0.5) is 0 Å². The number of H-pyrrole nitrogens is 1. The number of aromatic nitrogens is 1. The van der Waals surface area contributed by atoms with Crippen molar-refractivity contribution < 1.29 is 4.79 Å². The Morgan fingerprint density at radius 2 is 1.64 bits per heavy atom. The third-order valence-corrected chi connectivity index (χ3v) is 7.12. The van der Waals surface area contributed by atoms with E-state index >= 15 is 0 Å². The van der Waals surface area contributed by atoms with Crippen LogP contribution in [0.2, 0.25) is 0 Å². The van der Waals surface area contributed by atoms with Crippen LogP contribution in [-0.2, 0) is 6.42 Å². The summed E-state index contributed by atoms with van der Waals surface area (Å²) in [5, 5.41) is -0.335. The van der Waals surface area contributed by atoms with E-state index in [1.165, 1.54) is 38.5 Å². The molecule has 0 aliphatic heterocycles. The first-order valence-electron chi connectivity index (χ1n) is 9.57. The Morgan fingerprint density at radius 1 is 1.04 bits per heavy atom. The minimum Gasteiger partial charge on any atom is -0.358 e. The zero-order valence-corrected chi connectivity index (χ0v) is 15.2. The van der Waals surface area contributed by atoms with E-state index in [1.807, 2.05) is 24.3 Å². The number of halogens is 1. The summed E-state index contributed by atoms with van der Waals surface area (Å²) in [5.41, 5.74) is 4.24. The Kier molecular flexibility index (Phi) is 3.60. The minimum atomic E-state index is -0.335. The second kappa shape index (κ2) is 5.74. The Labute approximate surface area is 154 Å². The molecular weight excluding hydrogens is 330 g/mol. The van der Waals surface area contributed by atoms with Gasteiger partial charge in [-0.2, -0.15) is 0 Å². The third-order valence-electron chi connectivity index (χ3n) is 6.91. The summed E-state index contributed by atoms with van der Waals surface area (Å²) in [6.07, 6.45) is 9.34. The summed E-state index contributed by atoms with van der Waals surface area (Å²) in [6.45, 7) is 0. The molecule has 1 aromatic carbocycles. The molecule has 4 aliphatic carbocycles. The highest BCUT2D eigenvalue weighted by atomic mass is 35.5. The van der Waals surface area contributed by atoms with Crippen LogP contribution in [0.1, 0.15) is 54.6 Å². The van der Waals surface area contributed by atoms with Crippen molar-refractivity contribution in [1.29, 1.82) is 0 Å². The van der Waals surface area contributed by atoms with Crippen LogP contribution in [0.5, 0.6) is 0 Å². The molecule has 0 saturated heterocycles. The molecule has 4 fully saturated rings. The largest absolute Gasteiger partial charge is 0.358 e. The summed E-state index contributed by atoms with van der Waals surface area (Å²) in [5.74, 6) is 2.76. The predicted molar refractivity (Wildman–Crippen MR) is 101 cm³/mol. The van der Waals surface area contributed by atoms with E-state index in [4.69, 9.17) is 11.6 Å². The molecule has 0 radical (unpaired) electrons. The molecule has 3 heteroatoms. The number of aromatic amines is 1. The van der Waals surface area contributed by atoms with Gasteiger partial charge in [0.25, 0.3) is 5.24 Å². The lowest BCUT2D eigenvalue weighted by molar-refractivity contribution is -0.0526. The SMILES string of the molecule is O=C(Cl)c1cc(-c2ccccc2)[nH]c1CC12CC3CC(CC(C3)C1)C2. The molecule has 0 spiro atoms. The first-order chi connectivity index (χ1) is 12.1. The Bertz CT molecular complexity index is 771. The second-order valence-corrected chi connectivity index (χ2v) is 9.15. The van der Waals surface area contributed by atoms with Gasteiger partial charge in [-0.3, -0.25) is 4.79 Å².